The molecule has 39 heavy (non-hydrogen) atoms. The first-order valence-corrected chi connectivity index (χ1v) is 14.8. The third-order valence-corrected chi connectivity index (χ3v) is 9.11. The molecule has 3 rings (SSSR count). The summed E-state index contributed by atoms with van der Waals surface area (Å²) in [6.07, 6.45) is 11.6. The monoisotopic (exact) mass is 551 g/mol. The molecule has 1 N–H and O–H groups in total. The van der Waals surface area contributed by atoms with Crippen LogP contribution in [0.25, 0.3) is 0 Å². The second kappa shape index (κ2) is 13.1. The van der Waals surface area contributed by atoms with E-state index in [0.29, 0.717) is 16.9 Å². The van der Waals surface area contributed by atoms with Crippen LogP contribution in [0.2, 0.25) is 5.02 Å². The average Bonchev–Trinajstić information content (AvgIpc) is 3.10. The molecule has 1 aromatic rings. The van der Waals surface area contributed by atoms with Crippen LogP contribution in [0.4, 0.5) is 5.69 Å². The van der Waals surface area contributed by atoms with Crippen LogP contribution in [0, 0.1) is 17.8 Å². The van der Waals surface area contributed by atoms with Crippen LogP contribution >= 0.6 is 11.6 Å². The SMILES string of the molecule is C=C(C)C(/C=C(\CC)B1OC(C)(C)C(C)(C)O1)=C(\C=C/C)[C@H]1CC[C@@H]([C@@H](C)C(=O)Nc2ccc(Cl)cc2)CC1. The molecule has 1 atom stereocenters. The molecule has 1 amide bonds. The number of hydrogen-bond donors (Lipinski definition) is 1. The molecular formula is C33H47BClNO3. The molecular weight excluding hydrogens is 505 g/mol. The number of anilines is 1. The molecule has 1 saturated carbocycles. The minimum absolute atomic E-state index is 0.0497. The zero-order chi connectivity index (χ0) is 29.0. The fourth-order valence-electron chi connectivity index (χ4n) is 5.53. The first-order valence-electron chi connectivity index (χ1n) is 14.4. The summed E-state index contributed by atoms with van der Waals surface area (Å²) in [5.74, 6) is 0.806. The van der Waals surface area contributed by atoms with Crippen molar-refractivity contribution in [2.24, 2.45) is 17.8 Å². The van der Waals surface area contributed by atoms with Crippen molar-refractivity contribution in [1.29, 1.82) is 0 Å². The van der Waals surface area contributed by atoms with Crippen molar-refractivity contribution in [3.8, 4) is 0 Å². The third-order valence-electron chi connectivity index (χ3n) is 8.86. The van der Waals surface area contributed by atoms with Gasteiger partial charge in [-0.1, -0.05) is 55.8 Å². The number of amides is 1. The minimum Gasteiger partial charge on any atom is -0.400 e. The Hall–Kier alpha value is -2.08. The highest BCUT2D eigenvalue weighted by molar-refractivity contribution is 6.54. The van der Waals surface area contributed by atoms with Crippen LogP contribution in [0.1, 0.15) is 87.5 Å². The Bertz CT molecular complexity index is 1110. The van der Waals surface area contributed by atoms with E-state index in [0.717, 1.165) is 48.8 Å². The van der Waals surface area contributed by atoms with Crippen molar-refractivity contribution in [1.82, 2.24) is 0 Å². The molecule has 0 radical (unpaired) electrons. The molecule has 0 unspecified atom stereocenters. The van der Waals surface area contributed by atoms with E-state index in [4.69, 9.17) is 20.9 Å². The first kappa shape index (κ1) is 31.5. The standard InChI is InChI=1S/C33H47BClNO3/c1-10-12-29(30(22(3)4)21-26(11-2)34-38-32(6,7)33(8,9)39-34)25-15-13-24(14-16-25)23(5)31(37)36-28-19-17-27(35)18-20-28/h10,12,17-21,23-25H,3,11,13-16H2,1-2,4-9H3,(H,36,37)/b12-10-,26-21+,30-29+/t23-,24-,25+/m1/s1. The largest absolute Gasteiger partial charge is 0.490 e. The first-order chi connectivity index (χ1) is 18.3. The molecule has 0 aromatic heterocycles. The number of hydrogen-bond acceptors (Lipinski definition) is 3. The van der Waals surface area contributed by atoms with Gasteiger partial charge in [0.25, 0.3) is 0 Å². The maximum Gasteiger partial charge on any atom is 0.490 e. The second-order valence-electron chi connectivity index (χ2n) is 12.2. The van der Waals surface area contributed by atoms with E-state index in [1.165, 1.54) is 11.1 Å². The molecule has 4 nitrogen and oxygen atoms in total. The van der Waals surface area contributed by atoms with Gasteiger partial charge in [0.15, 0.2) is 0 Å². The molecule has 0 spiro atoms. The molecule has 1 saturated heterocycles. The Morgan fingerprint density at radius 1 is 1.13 bits per heavy atom. The zero-order valence-corrected chi connectivity index (χ0v) is 26.0. The van der Waals surface area contributed by atoms with Gasteiger partial charge in [0.1, 0.15) is 0 Å². The molecule has 0 bridgehead atoms. The van der Waals surface area contributed by atoms with Crippen molar-refractivity contribution in [2.75, 3.05) is 5.32 Å². The van der Waals surface area contributed by atoms with E-state index in [1.54, 1.807) is 12.1 Å². The maximum absolute atomic E-state index is 13.0. The number of allylic oxidation sites excluding steroid dienone is 7. The average molecular weight is 552 g/mol. The Morgan fingerprint density at radius 2 is 1.69 bits per heavy atom. The minimum atomic E-state index is -0.375. The van der Waals surface area contributed by atoms with Crippen LogP contribution in [-0.2, 0) is 14.1 Å². The van der Waals surface area contributed by atoms with Crippen molar-refractivity contribution < 1.29 is 14.1 Å². The van der Waals surface area contributed by atoms with Crippen LogP contribution in [0.3, 0.4) is 0 Å². The highest BCUT2D eigenvalue weighted by atomic mass is 35.5. The van der Waals surface area contributed by atoms with Gasteiger partial charge in [-0.2, -0.15) is 0 Å². The summed E-state index contributed by atoms with van der Waals surface area (Å²) in [5, 5.41) is 3.72. The summed E-state index contributed by atoms with van der Waals surface area (Å²) in [6, 6.07) is 7.29. The zero-order valence-electron chi connectivity index (χ0n) is 25.2. The van der Waals surface area contributed by atoms with Crippen molar-refractivity contribution in [3.63, 3.8) is 0 Å². The Morgan fingerprint density at radius 3 is 2.18 bits per heavy atom. The van der Waals surface area contributed by atoms with Crippen molar-refractivity contribution >= 4 is 30.3 Å². The highest BCUT2D eigenvalue weighted by Gasteiger charge is 2.52. The van der Waals surface area contributed by atoms with Gasteiger partial charge in [-0.3, -0.25) is 4.79 Å². The predicted molar refractivity (Wildman–Crippen MR) is 166 cm³/mol. The maximum atomic E-state index is 13.0. The molecule has 2 aliphatic rings. The highest BCUT2D eigenvalue weighted by Crippen LogP contribution is 2.42. The lowest BCUT2D eigenvalue weighted by Crippen LogP contribution is -2.41. The molecule has 1 aliphatic carbocycles. The van der Waals surface area contributed by atoms with Crippen LogP contribution in [-0.4, -0.2) is 24.2 Å². The lowest BCUT2D eigenvalue weighted by molar-refractivity contribution is -0.121. The van der Waals surface area contributed by atoms with Gasteiger partial charge in [0.05, 0.1) is 11.2 Å². The topological polar surface area (TPSA) is 47.6 Å². The van der Waals surface area contributed by atoms with Gasteiger partial charge in [0, 0.05) is 16.6 Å². The summed E-state index contributed by atoms with van der Waals surface area (Å²) < 4.78 is 12.8. The third kappa shape index (κ3) is 7.57. The Balaban J connectivity index is 1.78. The molecule has 1 aliphatic heterocycles. The Kier molecular flexibility index (Phi) is 10.5. The van der Waals surface area contributed by atoms with Crippen molar-refractivity contribution in [3.05, 3.63) is 76.3 Å². The van der Waals surface area contributed by atoms with E-state index in [-0.39, 0.29) is 30.1 Å². The molecule has 2 fully saturated rings. The molecule has 1 aromatic carbocycles. The van der Waals surface area contributed by atoms with Crippen LogP contribution in [0.5, 0.6) is 0 Å². The smallest absolute Gasteiger partial charge is 0.400 e. The molecule has 1 heterocycles. The summed E-state index contributed by atoms with van der Waals surface area (Å²) in [4.78, 5) is 13.0. The van der Waals surface area contributed by atoms with Crippen molar-refractivity contribution in [2.45, 2.75) is 98.7 Å². The van der Waals surface area contributed by atoms with E-state index < -0.39 is 0 Å². The van der Waals surface area contributed by atoms with Crippen LogP contribution in [0.15, 0.2) is 71.3 Å². The van der Waals surface area contributed by atoms with Gasteiger partial charge < -0.3 is 14.6 Å². The van der Waals surface area contributed by atoms with E-state index >= 15 is 0 Å². The number of benzene rings is 1. The van der Waals surface area contributed by atoms with E-state index in [1.807, 2.05) is 12.1 Å². The number of carbonyl (C=O) groups excluding carboxylic acids is 1. The number of nitrogens with one attached hydrogen (secondary N) is 1. The lowest BCUT2D eigenvalue weighted by Gasteiger charge is -2.33. The number of halogens is 1. The Labute approximate surface area is 242 Å². The molecule has 6 heteroatoms. The summed E-state index contributed by atoms with van der Waals surface area (Å²) in [7, 11) is -0.364. The fraction of sp³-hybridized carbons (Fsp3) is 0.545. The second-order valence-corrected chi connectivity index (χ2v) is 12.6. The van der Waals surface area contributed by atoms with Crippen LogP contribution < -0.4 is 5.32 Å². The van der Waals surface area contributed by atoms with Gasteiger partial charge in [0.2, 0.25) is 5.91 Å². The van der Waals surface area contributed by atoms with Gasteiger partial charge in [-0.25, -0.2) is 0 Å². The predicted octanol–water partition coefficient (Wildman–Crippen LogP) is 9.14. The summed E-state index contributed by atoms with van der Waals surface area (Å²) >= 11 is 5.98. The number of rotatable bonds is 9. The lowest BCUT2D eigenvalue weighted by atomic mass is 9.71. The van der Waals surface area contributed by atoms with E-state index in [9.17, 15) is 4.79 Å². The normalized spacial score (nSPS) is 24.4. The summed E-state index contributed by atoms with van der Waals surface area (Å²) in [5.41, 5.74) is 4.72. The van der Waals surface area contributed by atoms with Gasteiger partial charge in [-0.15, -0.1) is 0 Å². The fourth-order valence-corrected chi connectivity index (χ4v) is 5.65. The number of carbonyl (C=O) groups is 1. The van der Waals surface area contributed by atoms with E-state index in [2.05, 4.69) is 85.5 Å². The quantitative estimate of drug-likeness (QED) is 0.246. The van der Waals surface area contributed by atoms with Gasteiger partial charge >= 0.3 is 7.12 Å². The van der Waals surface area contributed by atoms with Gasteiger partial charge in [-0.05, 0) is 126 Å². The molecule has 212 valence electrons. The summed E-state index contributed by atoms with van der Waals surface area (Å²) in [6.45, 7) is 21.1.